The number of hydrogen-bond donors (Lipinski definition) is 1. The van der Waals surface area contributed by atoms with Crippen LogP contribution in [0.2, 0.25) is 0 Å². The average Bonchev–Trinajstić information content (AvgIpc) is 2.65. The van der Waals surface area contributed by atoms with Crippen LogP contribution < -0.4 is 5.32 Å². The predicted molar refractivity (Wildman–Crippen MR) is 87.8 cm³/mol. The first-order chi connectivity index (χ1) is 10.2. The summed E-state index contributed by atoms with van der Waals surface area (Å²) in [5.41, 5.74) is -0.557. The van der Waals surface area contributed by atoms with E-state index in [2.05, 4.69) is 42.2 Å². The molecule has 9 heteroatoms. The number of carbonyl (C=O) groups excluding carboxylic acids is 2. The maximum absolute atomic E-state index is 11.9. The van der Waals surface area contributed by atoms with E-state index in [0.29, 0.717) is 15.8 Å². The summed E-state index contributed by atoms with van der Waals surface area (Å²) >= 11 is 6.59. The molecule has 124 valence electrons. The summed E-state index contributed by atoms with van der Waals surface area (Å²) in [7, 11) is 0. The fourth-order valence-corrected chi connectivity index (χ4v) is 2.36. The van der Waals surface area contributed by atoms with E-state index in [4.69, 9.17) is 9.47 Å². The van der Waals surface area contributed by atoms with Gasteiger partial charge in [-0.2, -0.15) is 0 Å². The average molecular weight is 441 g/mol. The first-order valence-corrected chi connectivity index (χ1v) is 8.29. The minimum atomic E-state index is -0.557. The fraction of sp³-hybridized carbons (Fsp3) is 0.615. The molecule has 0 aromatic carbocycles. The second kappa shape index (κ2) is 7.96. The quantitative estimate of drug-likeness (QED) is 0.711. The number of hydrogen-bond acceptors (Lipinski definition) is 5. The first-order valence-electron chi connectivity index (χ1n) is 6.71. The molecule has 1 amide bonds. The van der Waals surface area contributed by atoms with Crippen LogP contribution >= 0.6 is 31.9 Å². The van der Waals surface area contributed by atoms with Crippen LogP contribution in [-0.4, -0.2) is 40.4 Å². The van der Waals surface area contributed by atoms with E-state index >= 15 is 0 Å². The van der Waals surface area contributed by atoms with E-state index in [0.717, 1.165) is 0 Å². The summed E-state index contributed by atoms with van der Waals surface area (Å²) in [4.78, 5) is 27.5. The van der Waals surface area contributed by atoms with E-state index in [1.54, 1.807) is 32.3 Å². The van der Waals surface area contributed by atoms with Crippen LogP contribution in [0.15, 0.2) is 9.21 Å². The monoisotopic (exact) mass is 439 g/mol. The van der Waals surface area contributed by atoms with Crippen LogP contribution in [0.3, 0.4) is 0 Å². The van der Waals surface area contributed by atoms with Crippen LogP contribution in [-0.2, 0) is 16.0 Å². The summed E-state index contributed by atoms with van der Waals surface area (Å²) in [6.07, 6.45) is -0.513. The maximum Gasteiger partial charge on any atom is 0.407 e. The van der Waals surface area contributed by atoms with Gasteiger partial charge in [0.25, 0.3) is 0 Å². The summed E-state index contributed by atoms with van der Waals surface area (Å²) in [5, 5.41) is 2.62. The molecule has 0 aliphatic rings. The smallest absolute Gasteiger partial charge is 0.407 e. The van der Waals surface area contributed by atoms with Gasteiger partial charge in [0, 0.05) is 13.1 Å². The zero-order chi connectivity index (χ0) is 16.9. The number of amides is 1. The van der Waals surface area contributed by atoms with Crippen LogP contribution in [0.1, 0.15) is 38.3 Å². The molecule has 7 nitrogen and oxygen atoms in total. The van der Waals surface area contributed by atoms with Gasteiger partial charge in [-0.25, -0.2) is 14.6 Å². The summed E-state index contributed by atoms with van der Waals surface area (Å²) < 4.78 is 12.8. The van der Waals surface area contributed by atoms with Gasteiger partial charge in [-0.1, -0.05) is 0 Å². The molecule has 0 fully saturated rings. The Hall–Kier alpha value is -1.09. The highest BCUT2D eigenvalue weighted by atomic mass is 79.9. The largest absolute Gasteiger partial charge is 0.460 e. The van der Waals surface area contributed by atoms with E-state index in [9.17, 15) is 9.59 Å². The highest BCUT2D eigenvalue weighted by Crippen LogP contribution is 2.24. The lowest BCUT2D eigenvalue weighted by molar-refractivity contribution is 0.0506. The van der Waals surface area contributed by atoms with Crippen LogP contribution in [0.25, 0.3) is 0 Å². The van der Waals surface area contributed by atoms with Gasteiger partial charge in [0.2, 0.25) is 5.82 Å². The highest BCUT2D eigenvalue weighted by Gasteiger charge is 2.21. The molecule has 0 aliphatic heterocycles. The molecule has 0 radical (unpaired) electrons. The van der Waals surface area contributed by atoms with Crippen molar-refractivity contribution in [1.82, 2.24) is 14.9 Å². The number of imidazole rings is 1. The fourth-order valence-electron chi connectivity index (χ4n) is 1.54. The number of carbonyl (C=O) groups is 2. The molecule has 0 unspecified atom stereocenters. The van der Waals surface area contributed by atoms with Crippen LogP contribution in [0, 0.1) is 0 Å². The summed E-state index contributed by atoms with van der Waals surface area (Å²) in [5.74, 6) is -0.363. The number of esters is 1. The van der Waals surface area contributed by atoms with E-state index in [1.165, 1.54) is 0 Å². The number of nitrogens with one attached hydrogen (secondary N) is 1. The minimum Gasteiger partial charge on any atom is -0.460 e. The SMILES string of the molecule is CCOC(=O)c1nc(Br)c(Br)n1CCNC(=O)OC(C)(C)C. The Morgan fingerprint density at radius 3 is 2.50 bits per heavy atom. The third-order valence-electron chi connectivity index (χ3n) is 2.33. The number of alkyl carbamates (subject to hydrolysis) is 1. The van der Waals surface area contributed by atoms with Crippen molar-refractivity contribution in [2.75, 3.05) is 13.2 Å². The van der Waals surface area contributed by atoms with Crippen molar-refractivity contribution >= 4 is 43.9 Å². The number of rotatable bonds is 5. The van der Waals surface area contributed by atoms with Gasteiger partial charge in [-0.15, -0.1) is 0 Å². The minimum absolute atomic E-state index is 0.159. The molecule has 1 aromatic rings. The molecule has 1 aromatic heterocycles. The Morgan fingerprint density at radius 1 is 1.32 bits per heavy atom. The van der Waals surface area contributed by atoms with Gasteiger partial charge in [0.1, 0.15) is 14.8 Å². The molecule has 22 heavy (non-hydrogen) atoms. The van der Waals surface area contributed by atoms with Crippen LogP contribution in [0.4, 0.5) is 4.79 Å². The van der Waals surface area contributed by atoms with Gasteiger partial charge in [0.15, 0.2) is 0 Å². The Labute approximate surface area is 146 Å². The van der Waals surface area contributed by atoms with Crippen molar-refractivity contribution in [3.05, 3.63) is 15.0 Å². The molecule has 0 saturated heterocycles. The number of aromatic nitrogens is 2. The number of halogens is 2. The van der Waals surface area contributed by atoms with Gasteiger partial charge < -0.3 is 19.4 Å². The van der Waals surface area contributed by atoms with Crippen molar-refractivity contribution in [3.8, 4) is 0 Å². The molecule has 0 aliphatic carbocycles. The molecular formula is C13H19Br2N3O4. The third kappa shape index (κ3) is 5.60. The summed E-state index contributed by atoms with van der Waals surface area (Å²) in [6, 6.07) is 0. The van der Waals surface area contributed by atoms with Crippen LogP contribution in [0.5, 0.6) is 0 Å². The second-order valence-electron chi connectivity index (χ2n) is 5.32. The Kier molecular flexibility index (Phi) is 6.86. The topological polar surface area (TPSA) is 82.5 Å². The van der Waals surface area contributed by atoms with Crippen molar-refractivity contribution in [1.29, 1.82) is 0 Å². The van der Waals surface area contributed by atoms with E-state index in [-0.39, 0.29) is 19.0 Å². The molecule has 0 atom stereocenters. The molecule has 1 rings (SSSR count). The van der Waals surface area contributed by atoms with Gasteiger partial charge in [0.05, 0.1) is 6.61 Å². The van der Waals surface area contributed by atoms with E-state index < -0.39 is 17.7 Å². The maximum atomic E-state index is 11.9. The molecule has 0 bridgehead atoms. The third-order valence-corrected chi connectivity index (χ3v) is 4.22. The predicted octanol–water partition coefficient (Wildman–Crippen LogP) is 3.11. The zero-order valence-electron chi connectivity index (χ0n) is 12.9. The molecule has 0 saturated carbocycles. The highest BCUT2D eigenvalue weighted by molar-refractivity contribution is 9.13. The number of ether oxygens (including phenoxy) is 2. The normalized spacial score (nSPS) is 11.2. The second-order valence-corrected chi connectivity index (χ2v) is 6.82. The molecule has 1 heterocycles. The Bertz CT molecular complexity index is 552. The number of nitrogens with zero attached hydrogens (tertiary/aromatic N) is 2. The molecule has 1 N–H and O–H groups in total. The van der Waals surface area contributed by atoms with Crippen molar-refractivity contribution < 1.29 is 19.1 Å². The lowest BCUT2D eigenvalue weighted by Gasteiger charge is -2.19. The Balaban J connectivity index is 2.69. The molecular weight excluding hydrogens is 422 g/mol. The van der Waals surface area contributed by atoms with Crippen molar-refractivity contribution in [2.45, 2.75) is 39.8 Å². The Morgan fingerprint density at radius 2 is 1.95 bits per heavy atom. The van der Waals surface area contributed by atoms with Crippen molar-refractivity contribution in [3.63, 3.8) is 0 Å². The standard InChI is InChI=1S/C13H19Br2N3O4/c1-5-21-11(19)10-17-8(14)9(15)18(10)7-6-16-12(20)22-13(2,3)4/h5-7H2,1-4H3,(H,16,20). The van der Waals surface area contributed by atoms with Crippen molar-refractivity contribution in [2.24, 2.45) is 0 Å². The van der Waals surface area contributed by atoms with E-state index in [1.807, 2.05) is 0 Å². The molecule has 0 spiro atoms. The lowest BCUT2D eigenvalue weighted by Crippen LogP contribution is -2.34. The van der Waals surface area contributed by atoms with Gasteiger partial charge in [-0.3, -0.25) is 0 Å². The van der Waals surface area contributed by atoms with Gasteiger partial charge in [-0.05, 0) is 59.6 Å². The first kappa shape index (κ1) is 19.0. The lowest BCUT2D eigenvalue weighted by atomic mass is 10.2. The van der Waals surface area contributed by atoms with Gasteiger partial charge >= 0.3 is 12.1 Å². The zero-order valence-corrected chi connectivity index (χ0v) is 16.1. The summed E-state index contributed by atoms with van der Waals surface area (Å²) in [6.45, 7) is 7.96.